The summed E-state index contributed by atoms with van der Waals surface area (Å²) in [6.45, 7) is 3.98. The zero-order valence-electron chi connectivity index (χ0n) is 15.2. The molecule has 0 aliphatic heterocycles. The molecule has 3 aromatic rings. The number of ether oxygens (including phenoxy) is 1. The number of aromatic nitrogens is 2. The third-order valence-electron chi connectivity index (χ3n) is 3.95. The van der Waals surface area contributed by atoms with Crippen LogP contribution in [0.3, 0.4) is 0 Å². The monoisotopic (exact) mass is 380 g/mol. The Hall–Kier alpha value is -2.86. The van der Waals surface area contributed by atoms with Crippen molar-refractivity contribution in [2.24, 2.45) is 0 Å². The number of hydrogen-bond donors (Lipinski definition) is 0. The highest BCUT2D eigenvalue weighted by Gasteiger charge is 2.16. The minimum absolute atomic E-state index is 0.205. The predicted molar refractivity (Wildman–Crippen MR) is 106 cm³/mol. The zero-order chi connectivity index (χ0) is 19.1. The van der Waals surface area contributed by atoms with Gasteiger partial charge in [0, 0.05) is 17.5 Å². The van der Waals surface area contributed by atoms with Crippen molar-refractivity contribution in [2.45, 2.75) is 24.6 Å². The van der Waals surface area contributed by atoms with Crippen molar-refractivity contribution in [3.63, 3.8) is 0 Å². The molecule has 0 spiro atoms. The number of esters is 1. The lowest BCUT2D eigenvalue weighted by molar-refractivity contribution is 0.0545. The molecule has 0 amide bonds. The third-order valence-corrected chi connectivity index (χ3v) is 4.98. The number of carbonyl (C=O) groups excluding carboxylic acids is 1. The second kappa shape index (κ2) is 9.19. The number of benzene rings is 1. The van der Waals surface area contributed by atoms with E-state index in [4.69, 9.17) is 9.26 Å². The number of hydrogen-bond acceptors (Lipinski definition) is 6. The van der Waals surface area contributed by atoms with Gasteiger partial charge in [0.05, 0.1) is 11.3 Å². The number of nitrogens with zero attached hydrogens (tertiary/aromatic N) is 2. The zero-order valence-corrected chi connectivity index (χ0v) is 16.0. The molecule has 0 aliphatic rings. The van der Waals surface area contributed by atoms with Gasteiger partial charge in [-0.15, -0.1) is 11.8 Å². The lowest BCUT2D eigenvalue weighted by Gasteiger charge is -2.07. The summed E-state index contributed by atoms with van der Waals surface area (Å²) in [6.07, 6.45) is 5.41. The van der Waals surface area contributed by atoms with Gasteiger partial charge in [-0.25, -0.2) is 9.78 Å². The van der Waals surface area contributed by atoms with Crippen molar-refractivity contribution < 1.29 is 14.1 Å². The lowest BCUT2D eigenvalue weighted by atomic mass is 10.2. The van der Waals surface area contributed by atoms with Crippen LogP contribution in [0.5, 0.6) is 0 Å². The fourth-order valence-electron chi connectivity index (χ4n) is 2.46. The molecule has 0 unspecified atom stereocenters. The van der Waals surface area contributed by atoms with Crippen LogP contribution in [-0.2, 0) is 10.5 Å². The first kappa shape index (κ1) is 18.9. The Bertz CT molecular complexity index is 916. The van der Waals surface area contributed by atoms with E-state index in [1.807, 2.05) is 56.3 Å². The second-order valence-corrected chi connectivity index (χ2v) is 6.82. The van der Waals surface area contributed by atoms with Crippen molar-refractivity contribution in [3.05, 3.63) is 82.9 Å². The van der Waals surface area contributed by atoms with Crippen LogP contribution in [0.15, 0.2) is 64.3 Å². The Kier molecular flexibility index (Phi) is 6.44. The molecule has 2 aromatic heterocycles. The van der Waals surface area contributed by atoms with E-state index in [0.717, 1.165) is 22.6 Å². The molecule has 0 N–H and O–H groups in total. The van der Waals surface area contributed by atoms with Gasteiger partial charge in [0.1, 0.15) is 17.4 Å². The molecule has 0 radical (unpaired) electrons. The molecule has 0 saturated carbocycles. The largest absolute Gasteiger partial charge is 0.458 e. The van der Waals surface area contributed by atoms with Crippen LogP contribution in [-0.4, -0.2) is 22.7 Å². The Morgan fingerprint density at radius 3 is 2.74 bits per heavy atom. The molecular formula is C21H20N2O3S. The SMILES string of the molecule is Cc1noc(C)c1CSc1ncccc1C(=O)OC/C=C/c1ccccc1. The summed E-state index contributed by atoms with van der Waals surface area (Å²) in [5.41, 5.74) is 3.40. The van der Waals surface area contributed by atoms with E-state index in [1.54, 1.807) is 18.3 Å². The summed E-state index contributed by atoms with van der Waals surface area (Å²) in [5, 5.41) is 4.59. The maximum atomic E-state index is 12.4. The van der Waals surface area contributed by atoms with Crippen LogP contribution in [0.25, 0.3) is 6.08 Å². The van der Waals surface area contributed by atoms with Crippen LogP contribution < -0.4 is 0 Å². The minimum atomic E-state index is -0.387. The van der Waals surface area contributed by atoms with Crippen LogP contribution >= 0.6 is 11.8 Å². The molecule has 0 bridgehead atoms. The molecule has 6 heteroatoms. The quantitative estimate of drug-likeness (QED) is 0.431. The molecule has 0 atom stereocenters. The number of pyridine rings is 1. The topological polar surface area (TPSA) is 65.2 Å². The van der Waals surface area contributed by atoms with Gasteiger partial charge in [0.15, 0.2) is 0 Å². The number of aryl methyl sites for hydroxylation is 2. The summed E-state index contributed by atoms with van der Waals surface area (Å²) in [5.74, 6) is 1.03. The third kappa shape index (κ3) is 5.08. The molecule has 3 rings (SSSR count). The summed E-state index contributed by atoms with van der Waals surface area (Å²) < 4.78 is 10.5. The van der Waals surface area contributed by atoms with E-state index in [1.165, 1.54) is 11.8 Å². The van der Waals surface area contributed by atoms with Crippen LogP contribution in [0.4, 0.5) is 0 Å². The van der Waals surface area contributed by atoms with Crippen molar-refractivity contribution in [3.8, 4) is 0 Å². The van der Waals surface area contributed by atoms with E-state index in [0.29, 0.717) is 16.3 Å². The predicted octanol–water partition coefficient (Wildman–Crippen LogP) is 4.85. The van der Waals surface area contributed by atoms with Crippen molar-refractivity contribution in [1.82, 2.24) is 10.1 Å². The first-order chi connectivity index (χ1) is 13.1. The normalized spacial score (nSPS) is 11.0. The molecular weight excluding hydrogens is 360 g/mol. The molecule has 5 nitrogen and oxygen atoms in total. The summed E-state index contributed by atoms with van der Waals surface area (Å²) >= 11 is 1.47. The highest BCUT2D eigenvalue weighted by molar-refractivity contribution is 7.98. The van der Waals surface area contributed by atoms with Gasteiger partial charge < -0.3 is 9.26 Å². The smallest absolute Gasteiger partial charge is 0.341 e. The summed E-state index contributed by atoms with van der Waals surface area (Å²) in [6, 6.07) is 13.3. The van der Waals surface area contributed by atoms with Crippen molar-refractivity contribution in [2.75, 3.05) is 6.61 Å². The van der Waals surface area contributed by atoms with Gasteiger partial charge >= 0.3 is 5.97 Å². The summed E-state index contributed by atoms with van der Waals surface area (Å²) in [4.78, 5) is 16.8. The Labute approximate surface area is 162 Å². The number of thioether (sulfide) groups is 1. The van der Waals surface area contributed by atoms with E-state index < -0.39 is 0 Å². The fourth-order valence-corrected chi connectivity index (χ4v) is 3.60. The maximum absolute atomic E-state index is 12.4. The molecule has 1 aromatic carbocycles. The van der Waals surface area contributed by atoms with Crippen molar-refractivity contribution >= 4 is 23.8 Å². The fraction of sp³-hybridized carbons (Fsp3) is 0.190. The molecule has 138 valence electrons. The van der Waals surface area contributed by atoms with Crippen LogP contribution in [0.1, 0.15) is 32.9 Å². The number of rotatable bonds is 7. The van der Waals surface area contributed by atoms with Gasteiger partial charge in [-0.05, 0) is 37.6 Å². The van der Waals surface area contributed by atoms with Gasteiger partial charge in [-0.1, -0.05) is 41.6 Å². The molecule has 2 heterocycles. The van der Waals surface area contributed by atoms with Gasteiger partial charge in [-0.3, -0.25) is 0 Å². The van der Waals surface area contributed by atoms with Gasteiger partial charge in [-0.2, -0.15) is 0 Å². The average Bonchev–Trinajstić information content (AvgIpc) is 3.02. The maximum Gasteiger partial charge on any atom is 0.341 e. The lowest BCUT2D eigenvalue weighted by Crippen LogP contribution is -2.07. The first-order valence-corrected chi connectivity index (χ1v) is 9.52. The van der Waals surface area contributed by atoms with E-state index in [-0.39, 0.29) is 12.6 Å². The summed E-state index contributed by atoms with van der Waals surface area (Å²) in [7, 11) is 0. The highest BCUT2D eigenvalue weighted by Crippen LogP contribution is 2.27. The second-order valence-electron chi connectivity index (χ2n) is 5.86. The molecule has 0 saturated heterocycles. The van der Waals surface area contributed by atoms with E-state index in [2.05, 4.69) is 10.1 Å². The average molecular weight is 380 g/mol. The van der Waals surface area contributed by atoms with Crippen LogP contribution in [0.2, 0.25) is 0 Å². The number of carbonyl (C=O) groups is 1. The minimum Gasteiger partial charge on any atom is -0.458 e. The highest BCUT2D eigenvalue weighted by atomic mass is 32.2. The molecule has 0 aliphatic carbocycles. The van der Waals surface area contributed by atoms with Crippen molar-refractivity contribution in [1.29, 1.82) is 0 Å². The Morgan fingerprint density at radius 1 is 1.19 bits per heavy atom. The first-order valence-electron chi connectivity index (χ1n) is 8.53. The molecule has 27 heavy (non-hydrogen) atoms. The van der Waals surface area contributed by atoms with E-state index in [9.17, 15) is 4.79 Å². The van der Waals surface area contributed by atoms with Crippen LogP contribution in [0, 0.1) is 13.8 Å². The van der Waals surface area contributed by atoms with Gasteiger partial charge in [0.25, 0.3) is 0 Å². The standard InChI is InChI=1S/C21H20N2O3S/c1-15-19(16(2)26-23-15)14-27-20-18(11-6-12-22-20)21(24)25-13-7-10-17-8-4-3-5-9-17/h3-12H,13-14H2,1-2H3/b10-7+. The van der Waals surface area contributed by atoms with E-state index >= 15 is 0 Å². The molecule has 0 fully saturated rings. The Morgan fingerprint density at radius 2 is 2.00 bits per heavy atom. The van der Waals surface area contributed by atoms with Gasteiger partial charge in [0.2, 0.25) is 0 Å². The Balaban J connectivity index is 1.61.